The van der Waals surface area contributed by atoms with Crippen molar-refractivity contribution in [2.45, 2.75) is 6.42 Å². The summed E-state index contributed by atoms with van der Waals surface area (Å²) in [7, 11) is -3.10. The Kier molecular flexibility index (Phi) is 4.13. The first-order valence-electron chi connectivity index (χ1n) is 7.32. The standard InChI is InChI=1S/C16H18N2O3S/c19-16(17-9-11-18-10-4-12-22(18,20)21)15-8-3-6-13-5-1-2-7-14(13)15/h1-3,5-8H,4,9-12H2,(H,17,19). The molecule has 1 N–H and O–H groups in total. The molecule has 22 heavy (non-hydrogen) atoms. The highest BCUT2D eigenvalue weighted by molar-refractivity contribution is 7.89. The van der Waals surface area contributed by atoms with Gasteiger partial charge in [-0.05, 0) is 23.3 Å². The van der Waals surface area contributed by atoms with E-state index >= 15 is 0 Å². The van der Waals surface area contributed by atoms with E-state index in [-0.39, 0.29) is 11.7 Å². The smallest absolute Gasteiger partial charge is 0.251 e. The molecular formula is C16H18N2O3S. The fourth-order valence-electron chi connectivity index (χ4n) is 2.76. The summed E-state index contributed by atoms with van der Waals surface area (Å²) in [6, 6.07) is 13.3. The van der Waals surface area contributed by atoms with Crippen molar-refractivity contribution in [3.63, 3.8) is 0 Å². The van der Waals surface area contributed by atoms with Crippen molar-refractivity contribution >= 4 is 26.7 Å². The Balaban J connectivity index is 1.67. The third-order valence-corrected chi connectivity index (χ3v) is 5.84. The molecule has 0 atom stereocenters. The van der Waals surface area contributed by atoms with E-state index in [1.54, 1.807) is 6.07 Å². The van der Waals surface area contributed by atoms with E-state index in [0.717, 1.165) is 10.8 Å². The first-order valence-corrected chi connectivity index (χ1v) is 8.93. The molecule has 1 fully saturated rings. The Bertz CT molecular complexity index is 797. The van der Waals surface area contributed by atoms with E-state index in [2.05, 4.69) is 5.32 Å². The zero-order valence-electron chi connectivity index (χ0n) is 12.2. The second-order valence-corrected chi connectivity index (χ2v) is 7.44. The SMILES string of the molecule is O=C(NCCN1CCCS1(=O)=O)c1cccc2ccccc12. The minimum atomic E-state index is -3.10. The lowest BCUT2D eigenvalue weighted by Crippen LogP contribution is -2.35. The molecule has 0 aliphatic carbocycles. The highest BCUT2D eigenvalue weighted by atomic mass is 32.2. The van der Waals surface area contributed by atoms with Crippen molar-refractivity contribution in [2.75, 3.05) is 25.4 Å². The minimum absolute atomic E-state index is 0.173. The maximum Gasteiger partial charge on any atom is 0.251 e. The summed E-state index contributed by atoms with van der Waals surface area (Å²) >= 11 is 0. The molecular weight excluding hydrogens is 300 g/mol. The molecule has 0 saturated carbocycles. The Hall–Kier alpha value is -1.92. The third-order valence-electron chi connectivity index (χ3n) is 3.88. The zero-order chi connectivity index (χ0) is 15.6. The highest BCUT2D eigenvalue weighted by Gasteiger charge is 2.27. The number of nitrogens with zero attached hydrogens (tertiary/aromatic N) is 1. The fraction of sp³-hybridized carbons (Fsp3) is 0.312. The zero-order valence-corrected chi connectivity index (χ0v) is 13.0. The van der Waals surface area contributed by atoms with Crippen LogP contribution in [0.25, 0.3) is 10.8 Å². The summed E-state index contributed by atoms with van der Waals surface area (Å²) in [4.78, 5) is 12.3. The predicted molar refractivity (Wildman–Crippen MR) is 86.3 cm³/mol. The van der Waals surface area contributed by atoms with Gasteiger partial charge in [-0.1, -0.05) is 36.4 Å². The van der Waals surface area contributed by atoms with Gasteiger partial charge in [-0.25, -0.2) is 12.7 Å². The van der Waals surface area contributed by atoms with Crippen LogP contribution in [0.4, 0.5) is 0 Å². The molecule has 0 aromatic heterocycles. The minimum Gasteiger partial charge on any atom is -0.351 e. The van der Waals surface area contributed by atoms with Crippen LogP contribution in [-0.4, -0.2) is 44.0 Å². The molecule has 1 saturated heterocycles. The number of rotatable bonds is 4. The van der Waals surface area contributed by atoms with Gasteiger partial charge in [0, 0.05) is 25.2 Å². The first-order chi connectivity index (χ1) is 10.6. The second kappa shape index (κ2) is 6.06. The molecule has 0 spiro atoms. The molecule has 2 aromatic carbocycles. The third kappa shape index (κ3) is 2.98. The van der Waals surface area contributed by atoms with Crippen molar-refractivity contribution < 1.29 is 13.2 Å². The number of carbonyl (C=O) groups is 1. The predicted octanol–water partition coefficient (Wildman–Crippen LogP) is 1.61. The fourth-order valence-corrected chi connectivity index (χ4v) is 4.28. The van der Waals surface area contributed by atoms with Gasteiger partial charge in [0.2, 0.25) is 10.0 Å². The van der Waals surface area contributed by atoms with Crippen LogP contribution < -0.4 is 5.32 Å². The van der Waals surface area contributed by atoms with Crippen LogP contribution in [0.1, 0.15) is 16.8 Å². The molecule has 3 rings (SSSR count). The monoisotopic (exact) mass is 318 g/mol. The molecule has 6 heteroatoms. The normalized spacial score (nSPS) is 17.6. The molecule has 0 radical (unpaired) electrons. The molecule has 1 heterocycles. The average Bonchev–Trinajstić information content (AvgIpc) is 2.85. The van der Waals surface area contributed by atoms with Gasteiger partial charge in [0.1, 0.15) is 0 Å². The summed E-state index contributed by atoms with van der Waals surface area (Å²) in [5.74, 6) is 0.0398. The first kappa shape index (κ1) is 15.0. The van der Waals surface area contributed by atoms with Crippen LogP contribution in [0.5, 0.6) is 0 Å². The van der Waals surface area contributed by atoms with Crippen molar-refractivity contribution in [3.8, 4) is 0 Å². The summed E-state index contributed by atoms with van der Waals surface area (Å²) in [6.07, 6.45) is 0.666. The molecule has 0 bridgehead atoms. The molecule has 1 aliphatic heterocycles. The van der Waals surface area contributed by atoms with E-state index in [4.69, 9.17) is 0 Å². The van der Waals surface area contributed by atoms with Crippen molar-refractivity contribution in [1.29, 1.82) is 0 Å². The van der Waals surface area contributed by atoms with Crippen LogP contribution in [0.3, 0.4) is 0 Å². The number of benzene rings is 2. The van der Waals surface area contributed by atoms with Gasteiger partial charge in [-0.3, -0.25) is 4.79 Å². The Labute approximate surface area is 130 Å². The number of amides is 1. The van der Waals surface area contributed by atoms with E-state index < -0.39 is 10.0 Å². The summed E-state index contributed by atoms with van der Waals surface area (Å²) in [6.45, 7) is 1.20. The highest BCUT2D eigenvalue weighted by Crippen LogP contribution is 2.18. The largest absolute Gasteiger partial charge is 0.351 e. The lowest BCUT2D eigenvalue weighted by molar-refractivity contribution is 0.0953. The number of hydrogen-bond donors (Lipinski definition) is 1. The van der Waals surface area contributed by atoms with Gasteiger partial charge in [0.05, 0.1) is 5.75 Å². The number of fused-ring (bicyclic) bond motifs is 1. The van der Waals surface area contributed by atoms with Crippen molar-refractivity contribution in [1.82, 2.24) is 9.62 Å². The van der Waals surface area contributed by atoms with Crippen LogP contribution in [0.15, 0.2) is 42.5 Å². The number of nitrogens with one attached hydrogen (secondary N) is 1. The van der Waals surface area contributed by atoms with Gasteiger partial charge < -0.3 is 5.32 Å². The average molecular weight is 318 g/mol. The molecule has 1 amide bonds. The van der Waals surface area contributed by atoms with Crippen LogP contribution in [0, 0.1) is 0 Å². The maximum atomic E-state index is 12.3. The van der Waals surface area contributed by atoms with Crippen molar-refractivity contribution in [2.24, 2.45) is 0 Å². The van der Waals surface area contributed by atoms with E-state index in [0.29, 0.717) is 31.6 Å². The Morgan fingerprint density at radius 3 is 2.68 bits per heavy atom. The Morgan fingerprint density at radius 2 is 1.91 bits per heavy atom. The van der Waals surface area contributed by atoms with E-state index in [1.807, 2.05) is 36.4 Å². The number of sulfonamides is 1. The lowest BCUT2D eigenvalue weighted by atomic mass is 10.0. The quantitative estimate of drug-likeness (QED) is 0.931. The van der Waals surface area contributed by atoms with Gasteiger partial charge >= 0.3 is 0 Å². The Morgan fingerprint density at radius 1 is 1.14 bits per heavy atom. The number of hydrogen-bond acceptors (Lipinski definition) is 3. The maximum absolute atomic E-state index is 12.3. The van der Waals surface area contributed by atoms with Crippen LogP contribution in [0.2, 0.25) is 0 Å². The summed E-state index contributed by atoms with van der Waals surface area (Å²) < 4.78 is 24.8. The second-order valence-electron chi connectivity index (χ2n) is 5.35. The summed E-state index contributed by atoms with van der Waals surface area (Å²) in [5.41, 5.74) is 0.613. The van der Waals surface area contributed by atoms with E-state index in [9.17, 15) is 13.2 Å². The molecule has 0 unspecified atom stereocenters. The van der Waals surface area contributed by atoms with Crippen LogP contribution >= 0.6 is 0 Å². The molecule has 116 valence electrons. The van der Waals surface area contributed by atoms with Crippen LogP contribution in [-0.2, 0) is 10.0 Å². The molecule has 1 aliphatic rings. The van der Waals surface area contributed by atoms with Gasteiger partial charge in [-0.15, -0.1) is 0 Å². The van der Waals surface area contributed by atoms with Gasteiger partial charge in [-0.2, -0.15) is 0 Å². The van der Waals surface area contributed by atoms with Crippen molar-refractivity contribution in [3.05, 3.63) is 48.0 Å². The summed E-state index contributed by atoms with van der Waals surface area (Å²) in [5, 5.41) is 4.72. The van der Waals surface area contributed by atoms with Gasteiger partial charge in [0.25, 0.3) is 5.91 Å². The van der Waals surface area contributed by atoms with E-state index in [1.165, 1.54) is 4.31 Å². The molecule has 2 aromatic rings. The van der Waals surface area contributed by atoms with Gasteiger partial charge in [0.15, 0.2) is 0 Å². The number of carbonyl (C=O) groups excluding carboxylic acids is 1. The molecule has 5 nitrogen and oxygen atoms in total. The lowest BCUT2D eigenvalue weighted by Gasteiger charge is -2.14. The topological polar surface area (TPSA) is 66.5 Å².